The smallest absolute Gasteiger partial charge is 0.306 e. The van der Waals surface area contributed by atoms with Crippen molar-refractivity contribution in [2.45, 2.75) is 32.8 Å². The van der Waals surface area contributed by atoms with Gasteiger partial charge < -0.3 is 9.84 Å². The number of carbonyl (C=O) groups excluding carboxylic acids is 1. The standard InChI is InChI=1S/C8H14O3/c1-8(2)5-7(10)11-6(8)3-4-9/h6,9H,3-5H2,1-2H3. The van der Waals surface area contributed by atoms with Gasteiger partial charge in [0.2, 0.25) is 0 Å². The van der Waals surface area contributed by atoms with Crippen LogP contribution >= 0.6 is 0 Å². The lowest BCUT2D eigenvalue weighted by molar-refractivity contribution is -0.142. The van der Waals surface area contributed by atoms with E-state index in [2.05, 4.69) is 0 Å². The first-order valence-corrected chi connectivity index (χ1v) is 3.86. The molecule has 0 aromatic heterocycles. The molecule has 1 rings (SSSR count). The fourth-order valence-electron chi connectivity index (χ4n) is 1.41. The van der Waals surface area contributed by atoms with E-state index in [1.165, 1.54) is 0 Å². The summed E-state index contributed by atoms with van der Waals surface area (Å²) in [7, 11) is 0. The number of carbonyl (C=O) groups is 1. The Labute approximate surface area is 66.4 Å². The molecule has 1 atom stereocenters. The van der Waals surface area contributed by atoms with Gasteiger partial charge in [-0.3, -0.25) is 4.79 Å². The van der Waals surface area contributed by atoms with Gasteiger partial charge in [0, 0.05) is 18.4 Å². The van der Waals surface area contributed by atoms with E-state index < -0.39 is 0 Å². The van der Waals surface area contributed by atoms with Gasteiger partial charge in [0.05, 0.1) is 6.42 Å². The highest BCUT2D eigenvalue weighted by molar-refractivity contribution is 5.72. The fraction of sp³-hybridized carbons (Fsp3) is 0.875. The molecule has 0 spiro atoms. The molecule has 3 heteroatoms. The third-order valence-electron chi connectivity index (χ3n) is 2.14. The van der Waals surface area contributed by atoms with E-state index in [4.69, 9.17) is 9.84 Å². The molecule has 11 heavy (non-hydrogen) atoms. The van der Waals surface area contributed by atoms with Gasteiger partial charge in [0.25, 0.3) is 0 Å². The molecule has 64 valence electrons. The van der Waals surface area contributed by atoms with E-state index >= 15 is 0 Å². The average molecular weight is 158 g/mol. The third-order valence-corrected chi connectivity index (χ3v) is 2.14. The molecule has 0 aromatic rings. The van der Waals surface area contributed by atoms with Crippen LogP contribution in [0.4, 0.5) is 0 Å². The second-order valence-electron chi connectivity index (χ2n) is 3.66. The minimum atomic E-state index is -0.145. The molecule has 0 radical (unpaired) electrons. The predicted molar refractivity (Wildman–Crippen MR) is 40.0 cm³/mol. The summed E-state index contributed by atoms with van der Waals surface area (Å²) < 4.78 is 5.02. The van der Waals surface area contributed by atoms with Gasteiger partial charge in [0.15, 0.2) is 0 Å². The molecule has 1 unspecified atom stereocenters. The van der Waals surface area contributed by atoms with E-state index in [1.54, 1.807) is 0 Å². The second-order valence-corrected chi connectivity index (χ2v) is 3.66. The first-order chi connectivity index (χ1) is 5.06. The number of hydrogen-bond acceptors (Lipinski definition) is 3. The van der Waals surface area contributed by atoms with Gasteiger partial charge in [-0.05, 0) is 0 Å². The monoisotopic (exact) mass is 158 g/mol. The Morgan fingerprint density at radius 1 is 1.73 bits per heavy atom. The highest BCUT2D eigenvalue weighted by Crippen LogP contribution is 2.36. The normalized spacial score (nSPS) is 28.6. The van der Waals surface area contributed by atoms with Crippen molar-refractivity contribution in [1.29, 1.82) is 0 Å². The van der Waals surface area contributed by atoms with Crippen molar-refractivity contribution in [1.82, 2.24) is 0 Å². The minimum absolute atomic E-state index is 0.0847. The molecule has 3 nitrogen and oxygen atoms in total. The van der Waals surface area contributed by atoms with Crippen molar-refractivity contribution in [3.05, 3.63) is 0 Å². The third kappa shape index (κ3) is 1.71. The number of aliphatic hydroxyl groups is 1. The number of cyclic esters (lactones) is 1. The highest BCUT2D eigenvalue weighted by Gasteiger charge is 2.40. The molecule has 1 fully saturated rings. The quantitative estimate of drug-likeness (QED) is 0.602. The summed E-state index contributed by atoms with van der Waals surface area (Å²) in [6.07, 6.45) is 0.927. The van der Waals surface area contributed by atoms with Crippen LogP contribution in [0.25, 0.3) is 0 Å². The number of aliphatic hydroxyl groups excluding tert-OH is 1. The molecule has 1 saturated heterocycles. The number of rotatable bonds is 2. The van der Waals surface area contributed by atoms with Gasteiger partial charge >= 0.3 is 5.97 Å². The van der Waals surface area contributed by atoms with Crippen LogP contribution in [0.5, 0.6) is 0 Å². The van der Waals surface area contributed by atoms with E-state index in [1.807, 2.05) is 13.8 Å². The summed E-state index contributed by atoms with van der Waals surface area (Å²) in [5.41, 5.74) is -0.0974. The lowest BCUT2D eigenvalue weighted by Gasteiger charge is -2.22. The van der Waals surface area contributed by atoms with Crippen molar-refractivity contribution in [2.24, 2.45) is 5.41 Å². The van der Waals surface area contributed by atoms with Crippen LogP contribution in [-0.4, -0.2) is 23.8 Å². The van der Waals surface area contributed by atoms with Crippen molar-refractivity contribution in [3.8, 4) is 0 Å². The first kappa shape index (κ1) is 8.53. The largest absolute Gasteiger partial charge is 0.462 e. The van der Waals surface area contributed by atoms with Crippen LogP contribution < -0.4 is 0 Å². The highest BCUT2D eigenvalue weighted by atomic mass is 16.6. The maximum absolute atomic E-state index is 10.8. The molecule has 1 aliphatic rings. The summed E-state index contributed by atoms with van der Waals surface area (Å²) in [6, 6.07) is 0. The number of hydrogen-bond donors (Lipinski definition) is 1. The number of ether oxygens (including phenoxy) is 1. The van der Waals surface area contributed by atoms with Gasteiger partial charge in [-0.2, -0.15) is 0 Å². The zero-order valence-corrected chi connectivity index (χ0v) is 6.96. The average Bonchev–Trinajstić information content (AvgIpc) is 2.07. The molecular formula is C8H14O3. The Morgan fingerprint density at radius 3 is 2.73 bits per heavy atom. The summed E-state index contributed by atoms with van der Waals surface area (Å²) in [4.78, 5) is 10.8. The Bertz CT molecular complexity index is 163. The summed E-state index contributed by atoms with van der Waals surface area (Å²) >= 11 is 0. The Kier molecular flexibility index (Phi) is 2.18. The molecule has 0 bridgehead atoms. The van der Waals surface area contributed by atoms with Gasteiger partial charge in [-0.15, -0.1) is 0 Å². The second kappa shape index (κ2) is 2.81. The lowest BCUT2D eigenvalue weighted by Crippen LogP contribution is -2.25. The molecule has 0 aliphatic carbocycles. The maximum Gasteiger partial charge on any atom is 0.306 e. The minimum Gasteiger partial charge on any atom is -0.462 e. The molecule has 1 N–H and O–H groups in total. The Balaban J connectivity index is 2.58. The summed E-state index contributed by atoms with van der Waals surface area (Å²) in [6.45, 7) is 4.05. The zero-order valence-electron chi connectivity index (χ0n) is 6.96. The van der Waals surface area contributed by atoms with E-state index in [-0.39, 0.29) is 24.1 Å². The van der Waals surface area contributed by atoms with Crippen LogP contribution in [0.3, 0.4) is 0 Å². The first-order valence-electron chi connectivity index (χ1n) is 3.86. The topological polar surface area (TPSA) is 46.5 Å². The van der Waals surface area contributed by atoms with E-state index in [0.717, 1.165) is 0 Å². The van der Waals surface area contributed by atoms with Crippen molar-refractivity contribution < 1.29 is 14.6 Å². The summed E-state index contributed by atoms with van der Waals surface area (Å²) in [5.74, 6) is -0.145. The van der Waals surface area contributed by atoms with Crippen LogP contribution in [0, 0.1) is 5.41 Å². The molecule has 0 saturated carbocycles. The molecule has 0 aromatic carbocycles. The van der Waals surface area contributed by atoms with E-state index in [0.29, 0.717) is 12.8 Å². The lowest BCUT2D eigenvalue weighted by atomic mass is 9.84. The van der Waals surface area contributed by atoms with Crippen LogP contribution in [-0.2, 0) is 9.53 Å². The van der Waals surface area contributed by atoms with Crippen LogP contribution in [0.15, 0.2) is 0 Å². The number of esters is 1. The zero-order chi connectivity index (χ0) is 8.48. The van der Waals surface area contributed by atoms with Crippen molar-refractivity contribution >= 4 is 5.97 Å². The SMILES string of the molecule is CC1(C)CC(=O)OC1CCO. The van der Waals surface area contributed by atoms with Crippen LogP contribution in [0.1, 0.15) is 26.7 Å². The molecule has 1 heterocycles. The molecular weight excluding hydrogens is 144 g/mol. The Hall–Kier alpha value is -0.570. The van der Waals surface area contributed by atoms with Crippen molar-refractivity contribution in [3.63, 3.8) is 0 Å². The molecule has 1 aliphatic heterocycles. The molecule has 0 amide bonds. The Morgan fingerprint density at radius 2 is 2.36 bits per heavy atom. The van der Waals surface area contributed by atoms with Crippen molar-refractivity contribution in [2.75, 3.05) is 6.61 Å². The van der Waals surface area contributed by atoms with E-state index in [9.17, 15) is 4.79 Å². The van der Waals surface area contributed by atoms with Crippen LogP contribution in [0.2, 0.25) is 0 Å². The van der Waals surface area contributed by atoms with Gasteiger partial charge in [0.1, 0.15) is 6.10 Å². The maximum atomic E-state index is 10.8. The van der Waals surface area contributed by atoms with Gasteiger partial charge in [-0.1, -0.05) is 13.8 Å². The predicted octanol–water partition coefficient (Wildman–Crippen LogP) is 0.710. The fourth-order valence-corrected chi connectivity index (χ4v) is 1.41. The summed E-state index contributed by atoms with van der Waals surface area (Å²) in [5, 5.41) is 8.65. The van der Waals surface area contributed by atoms with Gasteiger partial charge in [-0.25, -0.2) is 0 Å².